The molecule has 1 atom stereocenters. The van der Waals surface area contributed by atoms with E-state index in [2.05, 4.69) is 5.10 Å². The SMILES string of the molecule is Cn1nc2n(c1=O)C(c1ccccc1)=CSC2c1cccc(O)c1O. The predicted octanol–water partition coefficient (Wildman–Crippen LogP) is 2.68. The number of phenols is 2. The van der Waals surface area contributed by atoms with Gasteiger partial charge in [-0.05, 0) is 17.0 Å². The Hall–Kier alpha value is -2.93. The minimum absolute atomic E-state index is 0.193. The van der Waals surface area contributed by atoms with Gasteiger partial charge >= 0.3 is 5.69 Å². The number of benzene rings is 2. The van der Waals surface area contributed by atoms with Gasteiger partial charge in [0.25, 0.3) is 0 Å². The minimum atomic E-state index is -0.395. The Balaban J connectivity index is 1.92. The van der Waals surface area contributed by atoms with Crippen LogP contribution in [0.5, 0.6) is 11.5 Å². The molecular weight excluding hydrogens is 338 g/mol. The van der Waals surface area contributed by atoms with Crippen molar-refractivity contribution in [2.24, 2.45) is 7.05 Å². The molecule has 25 heavy (non-hydrogen) atoms. The van der Waals surface area contributed by atoms with Crippen LogP contribution in [0.4, 0.5) is 0 Å². The quantitative estimate of drug-likeness (QED) is 0.693. The number of phenolic OH excluding ortho intramolecular Hbond substituents is 2. The van der Waals surface area contributed by atoms with Crippen LogP contribution in [0.2, 0.25) is 0 Å². The molecular formula is C18H15N3O3S. The van der Waals surface area contributed by atoms with Crippen molar-refractivity contribution < 1.29 is 10.2 Å². The monoisotopic (exact) mass is 353 g/mol. The summed E-state index contributed by atoms with van der Waals surface area (Å²) in [5.74, 6) is 0.127. The number of thioether (sulfide) groups is 1. The van der Waals surface area contributed by atoms with E-state index in [0.29, 0.717) is 11.4 Å². The van der Waals surface area contributed by atoms with Gasteiger partial charge in [-0.15, -0.1) is 11.8 Å². The molecule has 0 radical (unpaired) electrons. The summed E-state index contributed by atoms with van der Waals surface area (Å²) in [6.07, 6.45) is 0. The van der Waals surface area contributed by atoms with Crippen LogP contribution in [0.15, 0.2) is 58.7 Å². The summed E-state index contributed by atoms with van der Waals surface area (Å²) in [5, 5.41) is 25.9. The number of aryl methyl sites for hydroxylation is 1. The molecule has 4 rings (SSSR count). The minimum Gasteiger partial charge on any atom is -0.504 e. The maximum atomic E-state index is 12.6. The zero-order valence-corrected chi connectivity index (χ0v) is 14.1. The molecule has 2 N–H and O–H groups in total. The van der Waals surface area contributed by atoms with Crippen molar-refractivity contribution in [3.8, 4) is 11.5 Å². The van der Waals surface area contributed by atoms with Crippen molar-refractivity contribution >= 4 is 17.5 Å². The first kappa shape index (κ1) is 15.6. The summed E-state index contributed by atoms with van der Waals surface area (Å²) >= 11 is 1.44. The lowest BCUT2D eigenvalue weighted by molar-refractivity contribution is 0.399. The Labute approximate surface area is 147 Å². The molecule has 0 saturated carbocycles. The third kappa shape index (κ3) is 2.44. The average Bonchev–Trinajstić information content (AvgIpc) is 2.93. The van der Waals surface area contributed by atoms with E-state index in [1.165, 1.54) is 22.5 Å². The average molecular weight is 353 g/mol. The molecule has 7 heteroatoms. The van der Waals surface area contributed by atoms with Crippen LogP contribution in [0.1, 0.15) is 22.2 Å². The van der Waals surface area contributed by atoms with Gasteiger partial charge in [0.2, 0.25) is 0 Å². The number of aromatic nitrogens is 3. The molecule has 126 valence electrons. The zero-order chi connectivity index (χ0) is 17.6. The van der Waals surface area contributed by atoms with Crippen LogP contribution in [-0.2, 0) is 7.05 Å². The van der Waals surface area contributed by atoms with E-state index in [-0.39, 0.29) is 17.2 Å². The topological polar surface area (TPSA) is 80.3 Å². The highest BCUT2D eigenvalue weighted by atomic mass is 32.2. The first-order chi connectivity index (χ1) is 12.1. The summed E-state index contributed by atoms with van der Waals surface area (Å²) in [6.45, 7) is 0. The van der Waals surface area contributed by atoms with Crippen LogP contribution < -0.4 is 5.69 Å². The van der Waals surface area contributed by atoms with Gasteiger partial charge in [0.05, 0.1) is 10.9 Å². The van der Waals surface area contributed by atoms with Gasteiger partial charge in [0, 0.05) is 12.6 Å². The third-order valence-electron chi connectivity index (χ3n) is 4.14. The van der Waals surface area contributed by atoms with Crippen molar-refractivity contribution in [1.82, 2.24) is 14.3 Å². The van der Waals surface area contributed by atoms with Crippen LogP contribution >= 0.6 is 11.8 Å². The van der Waals surface area contributed by atoms with E-state index >= 15 is 0 Å². The number of rotatable bonds is 2. The van der Waals surface area contributed by atoms with Crippen molar-refractivity contribution in [1.29, 1.82) is 0 Å². The lowest BCUT2D eigenvalue weighted by Gasteiger charge is -2.23. The summed E-state index contributed by atoms with van der Waals surface area (Å²) in [7, 11) is 1.60. The number of hydrogen-bond acceptors (Lipinski definition) is 5. The zero-order valence-electron chi connectivity index (χ0n) is 13.3. The molecule has 1 aromatic heterocycles. The summed E-state index contributed by atoms with van der Waals surface area (Å²) in [6, 6.07) is 14.4. The van der Waals surface area contributed by atoms with Crippen molar-refractivity contribution in [3.05, 3.63) is 81.4 Å². The fraction of sp³-hybridized carbons (Fsp3) is 0.111. The molecule has 3 aromatic rings. The standard InChI is InChI=1S/C18H15N3O3S/c1-20-18(24)21-13(11-6-3-2-4-7-11)10-25-16(17(21)19-20)12-8-5-9-14(22)15(12)23/h2-10,16,22-23H,1H3. The molecule has 0 fully saturated rings. The van der Waals surface area contributed by atoms with E-state index in [9.17, 15) is 15.0 Å². The van der Waals surface area contributed by atoms with Crippen molar-refractivity contribution in [3.63, 3.8) is 0 Å². The number of aromatic hydroxyl groups is 2. The molecule has 1 aliphatic rings. The first-order valence-corrected chi connectivity index (χ1v) is 8.60. The van der Waals surface area contributed by atoms with E-state index in [1.807, 2.05) is 35.7 Å². The second-order valence-electron chi connectivity index (χ2n) is 5.70. The molecule has 2 heterocycles. The van der Waals surface area contributed by atoms with Crippen LogP contribution in [-0.4, -0.2) is 24.6 Å². The fourth-order valence-corrected chi connectivity index (χ4v) is 4.02. The molecule has 0 amide bonds. The van der Waals surface area contributed by atoms with Gasteiger partial charge < -0.3 is 10.2 Å². The van der Waals surface area contributed by atoms with Crippen molar-refractivity contribution in [2.45, 2.75) is 5.25 Å². The largest absolute Gasteiger partial charge is 0.504 e. The summed E-state index contributed by atoms with van der Waals surface area (Å²) in [4.78, 5) is 12.6. The number of hydrogen-bond donors (Lipinski definition) is 2. The third-order valence-corrected chi connectivity index (χ3v) is 5.24. The maximum absolute atomic E-state index is 12.6. The highest BCUT2D eigenvalue weighted by molar-refractivity contribution is 8.02. The van der Waals surface area contributed by atoms with Gasteiger partial charge in [-0.3, -0.25) is 0 Å². The molecule has 0 saturated heterocycles. The molecule has 0 spiro atoms. The molecule has 1 unspecified atom stereocenters. The molecule has 0 aliphatic carbocycles. The van der Waals surface area contributed by atoms with Crippen LogP contribution in [0, 0.1) is 0 Å². The molecule has 1 aliphatic heterocycles. The highest BCUT2D eigenvalue weighted by Crippen LogP contribution is 2.46. The van der Waals surface area contributed by atoms with Crippen molar-refractivity contribution in [2.75, 3.05) is 0 Å². The highest BCUT2D eigenvalue weighted by Gasteiger charge is 2.31. The van der Waals surface area contributed by atoms with Gasteiger partial charge in [-0.2, -0.15) is 5.10 Å². The van der Waals surface area contributed by atoms with E-state index < -0.39 is 5.25 Å². The first-order valence-electron chi connectivity index (χ1n) is 7.66. The normalized spacial score (nSPS) is 16.4. The van der Waals surface area contributed by atoms with Gasteiger partial charge in [-0.25, -0.2) is 14.0 Å². The Morgan fingerprint density at radius 1 is 1.08 bits per heavy atom. The smallest absolute Gasteiger partial charge is 0.350 e. The van der Waals surface area contributed by atoms with E-state index in [4.69, 9.17) is 0 Å². The Morgan fingerprint density at radius 2 is 1.84 bits per heavy atom. The lowest BCUT2D eigenvalue weighted by Crippen LogP contribution is -2.25. The molecule has 6 nitrogen and oxygen atoms in total. The molecule has 0 bridgehead atoms. The fourth-order valence-electron chi connectivity index (χ4n) is 2.90. The second-order valence-corrected chi connectivity index (χ2v) is 6.68. The summed E-state index contributed by atoms with van der Waals surface area (Å²) in [5.41, 5.74) is 1.91. The number of fused-ring (bicyclic) bond motifs is 1. The van der Waals surface area contributed by atoms with E-state index in [1.54, 1.807) is 23.7 Å². The number of nitrogens with zero attached hydrogens (tertiary/aromatic N) is 3. The Kier molecular flexibility index (Phi) is 3.65. The second kappa shape index (κ2) is 5.86. The van der Waals surface area contributed by atoms with Gasteiger partial charge in [0.1, 0.15) is 0 Å². The lowest BCUT2D eigenvalue weighted by atomic mass is 10.1. The van der Waals surface area contributed by atoms with Crippen LogP contribution in [0.25, 0.3) is 5.70 Å². The Bertz CT molecular complexity index is 1040. The maximum Gasteiger partial charge on any atom is 0.350 e. The number of para-hydroxylation sites is 1. The summed E-state index contributed by atoms with van der Waals surface area (Å²) < 4.78 is 2.84. The van der Waals surface area contributed by atoms with E-state index in [0.717, 1.165) is 11.3 Å². The molecule has 2 aromatic carbocycles. The van der Waals surface area contributed by atoms with Crippen LogP contribution in [0.3, 0.4) is 0 Å². The van der Waals surface area contributed by atoms with Gasteiger partial charge in [-0.1, -0.05) is 42.5 Å². The van der Waals surface area contributed by atoms with Gasteiger partial charge in [0.15, 0.2) is 17.3 Å². The Morgan fingerprint density at radius 3 is 2.60 bits per heavy atom. The predicted molar refractivity (Wildman–Crippen MR) is 96.5 cm³/mol.